The monoisotopic (exact) mass is 384 g/mol. The third-order valence-corrected chi connectivity index (χ3v) is 4.28. The molecule has 0 aliphatic carbocycles. The maximum atomic E-state index is 12.5. The Morgan fingerprint density at radius 1 is 1.26 bits per heavy atom. The maximum absolute atomic E-state index is 12.5. The number of amides is 1. The zero-order chi connectivity index (χ0) is 19.4. The van der Waals surface area contributed by atoms with Gasteiger partial charge in [-0.3, -0.25) is 4.79 Å². The van der Waals surface area contributed by atoms with Gasteiger partial charge in [0.2, 0.25) is 0 Å². The number of ether oxygens (including phenoxy) is 1. The van der Waals surface area contributed by atoms with E-state index in [9.17, 15) is 4.79 Å². The lowest BCUT2D eigenvalue weighted by Gasteiger charge is -2.15. The van der Waals surface area contributed by atoms with E-state index < -0.39 is 0 Å². The zero-order valence-electron chi connectivity index (χ0n) is 15.4. The van der Waals surface area contributed by atoms with Crippen LogP contribution in [0.1, 0.15) is 30.9 Å². The highest BCUT2D eigenvalue weighted by atomic mass is 35.5. The zero-order valence-corrected chi connectivity index (χ0v) is 16.2. The van der Waals surface area contributed by atoms with Crippen LogP contribution in [-0.2, 0) is 4.79 Å². The second-order valence-corrected chi connectivity index (χ2v) is 6.97. The maximum Gasteiger partial charge on any atom is 0.262 e. The molecule has 27 heavy (non-hydrogen) atoms. The average molecular weight is 385 g/mol. The molecule has 0 aliphatic heterocycles. The van der Waals surface area contributed by atoms with Crippen LogP contribution in [0.25, 0.3) is 5.69 Å². The molecule has 0 saturated heterocycles. The van der Waals surface area contributed by atoms with Gasteiger partial charge >= 0.3 is 0 Å². The first kappa shape index (κ1) is 18.9. The van der Waals surface area contributed by atoms with E-state index in [1.807, 2.05) is 25.1 Å². The van der Waals surface area contributed by atoms with Crippen LogP contribution < -0.4 is 10.1 Å². The Bertz CT molecular complexity index is 939. The minimum Gasteiger partial charge on any atom is -0.483 e. The fraction of sp³-hybridized carbons (Fsp3) is 0.250. The van der Waals surface area contributed by atoms with Crippen molar-refractivity contribution in [3.63, 3.8) is 0 Å². The molecule has 0 saturated carbocycles. The smallest absolute Gasteiger partial charge is 0.262 e. The van der Waals surface area contributed by atoms with Crippen LogP contribution in [0.2, 0.25) is 5.02 Å². The molecule has 0 aliphatic rings. The highest BCUT2D eigenvalue weighted by Crippen LogP contribution is 2.28. The number of nitrogens with one attached hydrogen (secondary N) is 1. The first-order valence-corrected chi connectivity index (χ1v) is 8.99. The summed E-state index contributed by atoms with van der Waals surface area (Å²) in [6.07, 6.45) is 2.98. The number of benzene rings is 2. The summed E-state index contributed by atoms with van der Waals surface area (Å²) in [5.41, 5.74) is 3.36. The van der Waals surface area contributed by atoms with E-state index in [1.165, 1.54) is 6.33 Å². The van der Waals surface area contributed by atoms with Crippen molar-refractivity contribution in [3.05, 3.63) is 65.2 Å². The molecule has 1 amide bonds. The predicted octanol–water partition coefficient (Wildman–Crippen LogP) is 4.37. The van der Waals surface area contributed by atoms with E-state index in [4.69, 9.17) is 16.3 Å². The third kappa shape index (κ3) is 4.65. The summed E-state index contributed by atoms with van der Waals surface area (Å²) in [6, 6.07) is 11.2. The fourth-order valence-electron chi connectivity index (χ4n) is 2.71. The number of aromatic nitrogens is 3. The Hall–Kier alpha value is -2.86. The lowest BCUT2D eigenvalue weighted by molar-refractivity contribution is -0.118. The number of carbonyl (C=O) groups is 1. The van der Waals surface area contributed by atoms with E-state index in [1.54, 1.807) is 29.2 Å². The first-order chi connectivity index (χ1) is 12.9. The van der Waals surface area contributed by atoms with Gasteiger partial charge in [-0.25, -0.2) is 9.67 Å². The standard InChI is InChI=1S/C20H21ClN4O2/c1-13(2)16-6-4-14(3)8-19(16)27-10-20(26)24-17-9-15(21)5-7-18(17)25-12-22-11-23-25/h4-9,11-13H,10H2,1-3H3,(H,24,26). The summed E-state index contributed by atoms with van der Waals surface area (Å²) in [5, 5.41) is 7.44. The van der Waals surface area contributed by atoms with Crippen LogP contribution in [0.15, 0.2) is 49.1 Å². The highest BCUT2D eigenvalue weighted by Gasteiger charge is 2.13. The molecule has 7 heteroatoms. The second kappa shape index (κ2) is 8.22. The number of hydrogen-bond acceptors (Lipinski definition) is 4. The Kier molecular flexibility index (Phi) is 5.76. The number of halogens is 1. The summed E-state index contributed by atoms with van der Waals surface area (Å²) in [6.45, 7) is 6.07. The van der Waals surface area contributed by atoms with Crippen molar-refractivity contribution >= 4 is 23.2 Å². The van der Waals surface area contributed by atoms with Gasteiger partial charge in [0.15, 0.2) is 6.61 Å². The predicted molar refractivity (Wildman–Crippen MR) is 106 cm³/mol. The molecule has 3 rings (SSSR count). The molecule has 0 spiro atoms. The number of anilines is 1. The topological polar surface area (TPSA) is 69.0 Å². The van der Waals surface area contributed by atoms with Gasteiger partial charge in [0, 0.05) is 5.02 Å². The van der Waals surface area contributed by atoms with E-state index in [0.29, 0.717) is 22.3 Å². The van der Waals surface area contributed by atoms with E-state index in [2.05, 4.69) is 29.2 Å². The number of aryl methyl sites for hydroxylation is 1. The Balaban J connectivity index is 1.74. The van der Waals surface area contributed by atoms with Crippen LogP contribution in [0, 0.1) is 6.92 Å². The Labute approximate surface area is 163 Å². The summed E-state index contributed by atoms with van der Waals surface area (Å²) in [5.74, 6) is 0.744. The number of nitrogens with zero attached hydrogens (tertiary/aromatic N) is 3. The molecule has 2 aromatic carbocycles. The number of hydrogen-bond donors (Lipinski definition) is 1. The molecule has 0 fully saturated rings. The quantitative estimate of drug-likeness (QED) is 0.685. The summed E-state index contributed by atoms with van der Waals surface area (Å²) < 4.78 is 7.35. The molecule has 140 valence electrons. The summed E-state index contributed by atoms with van der Waals surface area (Å²) in [4.78, 5) is 16.4. The normalized spacial score (nSPS) is 10.9. The van der Waals surface area contributed by atoms with Crippen LogP contribution >= 0.6 is 11.6 Å². The van der Waals surface area contributed by atoms with Crippen molar-refractivity contribution in [3.8, 4) is 11.4 Å². The largest absolute Gasteiger partial charge is 0.483 e. The van der Waals surface area contributed by atoms with Gasteiger partial charge < -0.3 is 10.1 Å². The average Bonchev–Trinajstić information content (AvgIpc) is 3.14. The molecule has 0 radical (unpaired) electrons. The Morgan fingerprint density at radius 2 is 2.07 bits per heavy atom. The lowest BCUT2D eigenvalue weighted by Crippen LogP contribution is -2.21. The first-order valence-electron chi connectivity index (χ1n) is 8.62. The summed E-state index contributed by atoms with van der Waals surface area (Å²) >= 11 is 6.08. The van der Waals surface area contributed by atoms with Gasteiger partial charge in [-0.05, 0) is 48.2 Å². The lowest BCUT2D eigenvalue weighted by atomic mass is 10.0. The van der Waals surface area contributed by atoms with Gasteiger partial charge in [0.1, 0.15) is 18.4 Å². The van der Waals surface area contributed by atoms with E-state index in [0.717, 1.165) is 16.9 Å². The van der Waals surface area contributed by atoms with Crippen LogP contribution in [0.5, 0.6) is 5.75 Å². The molecular weight excluding hydrogens is 364 g/mol. The molecule has 0 unspecified atom stereocenters. The van der Waals surface area contributed by atoms with Crippen molar-refractivity contribution < 1.29 is 9.53 Å². The van der Waals surface area contributed by atoms with Crippen molar-refractivity contribution in [2.45, 2.75) is 26.7 Å². The molecule has 0 atom stereocenters. The van der Waals surface area contributed by atoms with E-state index in [-0.39, 0.29) is 12.5 Å². The third-order valence-electron chi connectivity index (χ3n) is 4.05. The molecule has 1 heterocycles. The van der Waals surface area contributed by atoms with Crippen molar-refractivity contribution in [2.75, 3.05) is 11.9 Å². The molecule has 6 nitrogen and oxygen atoms in total. The Morgan fingerprint density at radius 3 is 2.78 bits per heavy atom. The molecule has 1 N–H and O–H groups in total. The molecule has 3 aromatic rings. The highest BCUT2D eigenvalue weighted by molar-refractivity contribution is 6.31. The van der Waals surface area contributed by atoms with Gasteiger partial charge in [0.05, 0.1) is 11.4 Å². The van der Waals surface area contributed by atoms with Crippen LogP contribution in [0.4, 0.5) is 5.69 Å². The van der Waals surface area contributed by atoms with Crippen LogP contribution in [0.3, 0.4) is 0 Å². The minimum absolute atomic E-state index is 0.105. The molecule has 0 bridgehead atoms. The second-order valence-electron chi connectivity index (χ2n) is 6.53. The van der Waals surface area contributed by atoms with Gasteiger partial charge in [-0.15, -0.1) is 0 Å². The number of carbonyl (C=O) groups excluding carboxylic acids is 1. The fourth-order valence-corrected chi connectivity index (χ4v) is 2.89. The van der Waals surface area contributed by atoms with Crippen molar-refractivity contribution in [1.29, 1.82) is 0 Å². The number of rotatable bonds is 6. The molecular formula is C20H21ClN4O2. The van der Waals surface area contributed by atoms with Crippen LogP contribution in [-0.4, -0.2) is 27.3 Å². The van der Waals surface area contributed by atoms with Gasteiger partial charge in [-0.1, -0.05) is 37.6 Å². The molecule has 1 aromatic heterocycles. The van der Waals surface area contributed by atoms with Crippen molar-refractivity contribution in [2.24, 2.45) is 0 Å². The van der Waals surface area contributed by atoms with Crippen molar-refractivity contribution in [1.82, 2.24) is 14.8 Å². The minimum atomic E-state index is -0.283. The summed E-state index contributed by atoms with van der Waals surface area (Å²) in [7, 11) is 0. The SMILES string of the molecule is Cc1ccc(C(C)C)c(OCC(=O)Nc2cc(Cl)ccc2-n2cncn2)c1. The van der Waals surface area contributed by atoms with E-state index >= 15 is 0 Å². The van der Waals surface area contributed by atoms with Gasteiger partial charge in [0.25, 0.3) is 5.91 Å². The van der Waals surface area contributed by atoms with Gasteiger partial charge in [-0.2, -0.15) is 5.10 Å².